The summed E-state index contributed by atoms with van der Waals surface area (Å²) in [6, 6.07) is 7.43. The highest BCUT2D eigenvalue weighted by Gasteiger charge is 2.34. The molecule has 0 atom stereocenters. The molecule has 0 bridgehead atoms. The summed E-state index contributed by atoms with van der Waals surface area (Å²) in [4.78, 5) is 13.4. The molecule has 1 amide bonds. The molecule has 2 aromatic rings. The SMILES string of the molecule is CN(Cc1ccc(OC(F)F)cc1)C(=O)c1ccc(F)c(C(F)(F)F)c1. The maximum atomic E-state index is 13.3. The van der Waals surface area contributed by atoms with Crippen LogP contribution in [0.5, 0.6) is 5.75 Å². The van der Waals surface area contributed by atoms with E-state index >= 15 is 0 Å². The van der Waals surface area contributed by atoms with Gasteiger partial charge in [-0.3, -0.25) is 4.79 Å². The van der Waals surface area contributed by atoms with Crippen LogP contribution in [0.2, 0.25) is 0 Å². The molecule has 2 aromatic carbocycles. The van der Waals surface area contributed by atoms with Gasteiger partial charge in [0, 0.05) is 19.2 Å². The minimum Gasteiger partial charge on any atom is -0.435 e. The number of carbonyl (C=O) groups excluding carboxylic acids is 1. The first kappa shape index (κ1) is 19.6. The van der Waals surface area contributed by atoms with Gasteiger partial charge >= 0.3 is 12.8 Å². The van der Waals surface area contributed by atoms with Crippen molar-refractivity contribution in [3.63, 3.8) is 0 Å². The lowest BCUT2D eigenvalue weighted by Gasteiger charge is -2.18. The van der Waals surface area contributed by atoms with Crippen molar-refractivity contribution in [3.05, 3.63) is 65.0 Å². The summed E-state index contributed by atoms with van der Waals surface area (Å²) in [6.07, 6.45) is -4.92. The number of rotatable bonds is 5. The van der Waals surface area contributed by atoms with Gasteiger partial charge in [-0.1, -0.05) is 12.1 Å². The van der Waals surface area contributed by atoms with Crippen molar-refractivity contribution in [2.24, 2.45) is 0 Å². The molecule has 0 saturated heterocycles. The molecule has 2 rings (SSSR count). The smallest absolute Gasteiger partial charge is 0.419 e. The van der Waals surface area contributed by atoms with E-state index in [-0.39, 0.29) is 17.9 Å². The van der Waals surface area contributed by atoms with Crippen molar-refractivity contribution >= 4 is 5.91 Å². The van der Waals surface area contributed by atoms with Crippen molar-refractivity contribution < 1.29 is 35.9 Å². The minimum absolute atomic E-state index is 0.00647. The highest BCUT2D eigenvalue weighted by molar-refractivity contribution is 5.94. The van der Waals surface area contributed by atoms with Crippen molar-refractivity contribution in [1.82, 2.24) is 4.90 Å². The number of carbonyl (C=O) groups is 1. The molecule has 0 aromatic heterocycles. The third-order valence-electron chi connectivity index (χ3n) is 3.43. The summed E-state index contributed by atoms with van der Waals surface area (Å²) in [5, 5.41) is 0. The summed E-state index contributed by atoms with van der Waals surface area (Å²) in [5.74, 6) is -2.28. The lowest BCUT2D eigenvalue weighted by Crippen LogP contribution is -2.26. The van der Waals surface area contributed by atoms with Crippen LogP contribution < -0.4 is 4.74 Å². The highest BCUT2D eigenvalue weighted by Crippen LogP contribution is 2.32. The molecule has 0 radical (unpaired) electrons. The van der Waals surface area contributed by atoms with Crippen molar-refractivity contribution in [1.29, 1.82) is 0 Å². The number of ether oxygens (including phenoxy) is 1. The Morgan fingerprint density at radius 1 is 1.12 bits per heavy atom. The summed E-state index contributed by atoms with van der Waals surface area (Å²) in [6.45, 7) is -2.96. The van der Waals surface area contributed by atoms with E-state index in [1.165, 1.54) is 31.3 Å². The zero-order chi connectivity index (χ0) is 19.5. The molecule has 0 fully saturated rings. The van der Waals surface area contributed by atoms with Crippen LogP contribution in [0.4, 0.5) is 26.3 Å². The Morgan fingerprint density at radius 2 is 1.73 bits per heavy atom. The molecule has 0 heterocycles. The fraction of sp³-hybridized carbons (Fsp3) is 0.235. The summed E-state index contributed by atoms with van der Waals surface area (Å²) >= 11 is 0. The first-order chi connectivity index (χ1) is 12.1. The molecule has 3 nitrogen and oxygen atoms in total. The Balaban J connectivity index is 2.12. The standard InChI is InChI=1S/C17H13F6NO2/c1-24(9-10-2-5-12(6-3-10)26-16(19)20)15(25)11-4-7-14(18)13(8-11)17(21,22)23/h2-8,16H,9H2,1H3. The fourth-order valence-electron chi connectivity index (χ4n) is 2.22. The maximum Gasteiger partial charge on any atom is 0.419 e. The average molecular weight is 377 g/mol. The van der Waals surface area contributed by atoms with Gasteiger partial charge in [-0.05, 0) is 35.9 Å². The third-order valence-corrected chi connectivity index (χ3v) is 3.43. The van der Waals surface area contributed by atoms with Crippen LogP contribution in [-0.2, 0) is 12.7 Å². The van der Waals surface area contributed by atoms with E-state index in [0.717, 1.165) is 11.0 Å². The second-order valence-electron chi connectivity index (χ2n) is 5.38. The molecular formula is C17H13F6NO2. The second kappa shape index (κ2) is 7.67. The zero-order valence-corrected chi connectivity index (χ0v) is 13.4. The molecule has 0 saturated carbocycles. The number of amides is 1. The molecule has 0 spiro atoms. The third kappa shape index (κ3) is 4.90. The summed E-state index contributed by atoms with van der Waals surface area (Å²) in [5.41, 5.74) is -1.30. The van der Waals surface area contributed by atoms with E-state index < -0.39 is 30.1 Å². The predicted molar refractivity (Wildman–Crippen MR) is 80.3 cm³/mol. The molecular weight excluding hydrogens is 364 g/mol. The number of nitrogens with zero attached hydrogens (tertiary/aromatic N) is 1. The Kier molecular flexibility index (Phi) is 5.79. The first-order valence-corrected chi connectivity index (χ1v) is 7.24. The Labute approximate surface area is 144 Å². The second-order valence-corrected chi connectivity index (χ2v) is 5.38. The van der Waals surface area contributed by atoms with E-state index in [1.54, 1.807) is 0 Å². The van der Waals surface area contributed by atoms with Crippen LogP contribution in [0.25, 0.3) is 0 Å². The number of hydrogen-bond acceptors (Lipinski definition) is 2. The van der Waals surface area contributed by atoms with Crippen LogP contribution in [0.3, 0.4) is 0 Å². The maximum absolute atomic E-state index is 13.3. The van der Waals surface area contributed by atoms with Gasteiger partial charge in [0.25, 0.3) is 5.91 Å². The Morgan fingerprint density at radius 3 is 2.27 bits per heavy atom. The predicted octanol–water partition coefficient (Wildman–Crippen LogP) is 4.72. The van der Waals surface area contributed by atoms with Gasteiger partial charge in [-0.15, -0.1) is 0 Å². The van der Waals surface area contributed by atoms with E-state index in [4.69, 9.17) is 0 Å². The number of halogens is 6. The molecule has 9 heteroatoms. The normalized spacial score (nSPS) is 11.5. The number of alkyl halides is 5. The molecule has 0 aliphatic carbocycles. The first-order valence-electron chi connectivity index (χ1n) is 7.24. The van der Waals surface area contributed by atoms with Crippen molar-refractivity contribution in [3.8, 4) is 5.75 Å². The van der Waals surface area contributed by atoms with Crippen LogP contribution in [0, 0.1) is 5.82 Å². The van der Waals surface area contributed by atoms with Gasteiger partial charge in [-0.2, -0.15) is 22.0 Å². The van der Waals surface area contributed by atoms with Crippen LogP contribution in [0.15, 0.2) is 42.5 Å². The Hall–Kier alpha value is -2.71. The fourth-order valence-corrected chi connectivity index (χ4v) is 2.22. The lowest BCUT2D eigenvalue weighted by atomic mass is 10.1. The van der Waals surface area contributed by atoms with E-state index in [0.29, 0.717) is 17.7 Å². The van der Waals surface area contributed by atoms with Crippen LogP contribution in [0.1, 0.15) is 21.5 Å². The molecule has 0 aliphatic heterocycles. The average Bonchev–Trinajstić information content (AvgIpc) is 2.55. The van der Waals surface area contributed by atoms with Crippen molar-refractivity contribution in [2.75, 3.05) is 7.05 Å². The number of hydrogen-bond donors (Lipinski definition) is 0. The van der Waals surface area contributed by atoms with E-state index in [1.807, 2.05) is 0 Å². The molecule has 0 unspecified atom stereocenters. The quantitative estimate of drug-likeness (QED) is 0.706. The number of benzene rings is 2. The molecule has 0 N–H and O–H groups in total. The van der Waals surface area contributed by atoms with Crippen LogP contribution >= 0.6 is 0 Å². The zero-order valence-electron chi connectivity index (χ0n) is 13.4. The summed E-state index contributed by atoms with van der Waals surface area (Å²) < 4.78 is 79.9. The van der Waals surface area contributed by atoms with E-state index in [2.05, 4.69) is 4.74 Å². The highest BCUT2D eigenvalue weighted by atomic mass is 19.4. The topological polar surface area (TPSA) is 29.5 Å². The monoisotopic (exact) mass is 377 g/mol. The Bertz CT molecular complexity index is 774. The van der Waals surface area contributed by atoms with Gasteiger partial charge in [0.1, 0.15) is 11.6 Å². The lowest BCUT2D eigenvalue weighted by molar-refractivity contribution is -0.140. The van der Waals surface area contributed by atoms with Gasteiger partial charge in [0.15, 0.2) is 0 Å². The molecule has 140 valence electrons. The van der Waals surface area contributed by atoms with Crippen molar-refractivity contribution in [2.45, 2.75) is 19.3 Å². The minimum atomic E-state index is -4.92. The molecule has 26 heavy (non-hydrogen) atoms. The van der Waals surface area contributed by atoms with Gasteiger partial charge < -0.3 is 9.64 Å². The largest absolute Gasteiger partial charge is 0.435 e. The van der Waals surface area contributed by atoms with Gasteiger partial charge in [-0.25, -0.2) is 4.39 Å². The van der Waals surface area contributed by atoms with E-state index in [9.17, 15) is 31.1 Å². The van der Waals surface area contributed by atoms with Gasteiger partial charge in [0.2, 0.25) is 0 Å². The van der Waals surface area contributed by atoms with Gasteiger partial charge in [0.05, 0.1) is 5.56 Å². The summed E-state index contributed by atoms with van der Waals surface area (Å²) in [7, 11) is 1.35. The van der Waals surface area contributed by atoms with Crippen LogP contribution in [-0.4, -0.2) is 24.5 Å². The molecule has 0 aliphatic rings.